The Balaban J connectivity index is 1.41. The molecule has 11 nitrogen and oxygen atoms in total. The molecule has 0 spiro atoms. The summed E-state index contributed by atoms with van der Waals surface area (Å²) in [4.78, 5) is 13.6. The van der Waals surface area contributed by atoms with E-state index in [0.717, 1.165) is 12.1 Å². The van der Waals surface area contributed by atoms with Crippen molar-refractivity contribution in [2.75, 3.05) is 0 Å². The summed E-state index contributed by atoms with van der Waals surface area (Å²) in [5, 5.41) is 82.6. The van der Waals surface area contributed by atoms with Crippen molar-refractivity contribution < 1.29 is 55.1 Å². The number of carbonyl (C=O) groups is 1. The lowest BCUT2D eigenvalue weighted by Crippen LogP contribution is -2.08. The first kappa shape index (κ1) is 26.3. The lowest BCUT2D eigenvalue weighted by molar-refractivity contribution is 0.103. The van der Waals surface area contributed by atoms with Crippen molar-refractivity contribution in [3.63, 3.8) is 0 Å². The second kappa shape index (κ2) is 9.59. The third-order valence-corrected chi connectivity index (χ3v) is 7.11. The number of aromatic hydroxyl groups is 8. The summed E-state index contributed by atoms with van der Waals surface area (Å²) >= 11 is 0. The average molecular weight is 571 g/mol. The van der Waals surface area contributed by atoms with Crippen LogP contribution in [0.3, 0.4) is 0 Å². The van der Waals surface area contributed by atoms with Gasteiger partial charge < -0.3 is 50.3 Å². The standard InChI is InChI=1S/C31H22O11/c32-19-3-1-17(30(39)27(19)25-9-13-5-21(34)23(36)7-15(13)11-41-25)29(38)18-2-4-20(33)28(31(18)40)26-10-14-6-22(35)24(37)8-16(14)12-42-26/h1-10,32-37,39-40H,11-12H2. The Morgan fingerprint density at radius 3 is 1.31 bits per heavy atom. The topological polar surface area (TPSA) is 197 Å². The van der Waals surface area contributed by atoms with Crippen molar-refractivity contribution in [2.24, 2.45) is 0 Å². The van der Waals surface area contributed by atoms with E-state index in [4.69, 9.17) is 9.47 Å². The fraction of sp³-hybridized carbons (Fsp3) is 0.0645. The number of carbonyl (C=O) groups excluding carboxylic acids is 1. The zero-order chi connectivity index (χ0) is 29.9. The van der Waals surface area contributed by atoms with E-state index in [2.05, 4.69) is 0 Å². The second-order valence-corrected chi connectivity index (χ2v) is 9.71. The number of benzene rings is 4. The van der Waals surface area contributed by atoms with E-state index >= 15 is 0 Å². The maximum absolute atomic E-state index is 13.6. The van der Waals surface area contributed by atoms with Gasteiger partial charge in [-0.15, -0.1) is 0 Å². The van der Waals surface area contributed by atoms with Gasteiger partial charge in [0.1, 0.15) is 58.9 Å². The van der Waals surface area contributed by atoms with Crippen LogP contribution in [-0.4, -0.2) is 46.6 Å². The van der Waals surface area contributed by atoms with E-state index in [-0.39, 0.29) is 70.0 Å². The monoisotopic (exact) mass is 570 g/mol. The van der Waals surface area contributed by atoms with Crippen molar-refractivity contribution >= 4 is 29.5 Å². The molecule has 8 N–H and O–H groups in total. The van der Waals surface area contributed by atoms with Crippen LogP contribution in [0.1, 0.15) is 49.3 Å². The normalized spacial score (nSPS) is 13.6. The highest BCUT2D eigenvalue weighted by Gasteiger charge is 2.29. The minimum absolute atomic E-state index is 0.0124. The summed E-state index contributed by atoms with van der Waals surface area (Å²) in [6.07, 6.45) is 2.83. The summed E-state index contributed by atoms with van der Waals surface area (Å²) in [6, 6.07) is 9.87. The van der Waals surface area contributed by atoms with Gasteiger partial charge in [0.25, 0.3) is 0 Å². The molecule has 0 amide bonds. The van der Waals surface area contributed by atoms with Gasteiger partial charge in [-0.2, -0.15) is 0 Å². The van der Waals surface area contributed by atoms with E-state index in [0.29, 0.717) is 22.3 Å². The maximum Gasteiger partial charge on any atom is 0.200 e. The summed E-state index contributed by atoms with van der Waals surface area (Å²) in [5.74, 6) is -4.43. The predicted octanol–water partition coefficient (Wildman–Crippen LogP) is 4.62. The molecule has 0 saturated carbocycles. The molecule has 0 aromatic heterocycles. The summed E-state index contributed by atoms with van der Waals surface area (Å²) < 4.78 is 11.3. The van der Waals surface area contributed by atoms with Gasteiger partial charge in [0, 0.05) is 11.1 Å². The molecule has 0 radical (unpaired) electrons. The zero-order valence-electron chi connectivity index (χ0n) is 21.5. The second-order valence-electron chi connectivity index (χ2n) is 9.71. The van der Waals surface area contributed by atoms with E-state index in [1.54, 1.807) is 0 Å². The number of rotatable bonds is 4. The van der Waals surface area contributed by atoms with Crippen molar-refractivity contribution in [2.45, 2.75) is 13.2 Å². The van der Waals surface area contributed by atoms with Gasteiger partial charge in [-0.25, -0.2) is 0 Å². The van der Waals surface area contributed by atoms with E-state index < -0.39 is 28.8 Å². The van der Waals surface area contributed by atoms with Gasteiger partial charge >= 0.3 is 0 Å². The molecule has 42 heavy (non-hydrogen) atoms. The van der Waals surface area contributed by atoms with Gasteiger partial charge in [0.2, 0.25) is 5.78 Å². The van der Waals surface area contributed by atoms with Crippen LogP contribution < -0.4 is 0 Å². The minimum Gasteiger partial charge on any atom is -0.507 e. The molecule has 0 bridgehead atoms. The van der Waals surface area contributed by atoms with Crippen LogP contribution in [-0.2, 0) is 22.7 Å². The number of fused-ring (bicyclic) bond motifs is 2. The first-order chi connectivity index (χ1) is 20.0. The number of hydrogen-bond acceptors (Lipinski definition) is 11. The molecular weight excluding hydrogens is 548 g/mol. The number of ether oxygens (including phenoxy) is 2. The largest absolute Gasteiger partial charge is 0.507 e. The van der Waals surface area contributed by atoms with Gasteiger partial charge in [-0.1, -0.05) is 0 Å². The van der Waals surface area contributed by atoms with Crippen LogP contribution in [0.25, 0.3) is 23.7 Å². The van der Waals surface area contributed by atoms with Crippen LogP contribution in [0.5, 0.6) is 46.0 Å². The number of ketones is 1. The third kappa shape index (κ3) is 4.20. The molecule has 11 heteroatoms. The molecule has 0 atom stereocenters. The first-order valence-corrected chi connectivity index (χ1v) is 12.5. The van der Waals surface area contributed by atoms with E-state index in [1.807, 2.05) is 0 Å². The van der Waals surface area contributed by atoms with Gasteiger partial charge in [-0.05, 0) is 71.8 Å². The Kier molecular flexibility index (Phi) is 6.00. The van der Waals surface area contributed by atoms with Crippen LogP contribution in [0, 0.1) is 0 Å². The summed E-state index contributed by atoms with van der Waals surface area (Å²) in [5.41, 5.74) is 0.950. The molecule has 0 saturated heterocycles. The van der Waals surface area contributed by atoms with Crippen molar-refractivity contribution in [3.05, 3.63) is 93.0 Å². The SMILES string of the molecule is O=C(c1ccc(O)c(C2=Cc3cc(O)c(O)cc3CO2)c1O)c1ccc(O)c(C2=Cc3cc(O)c(O)cc3CO2)c1O. The van der Waals surface area contributed by atoms with Crippen molar-refractivity contribution in [1.82, 2.24) is 0 Å². The molecule has 0 aliphatic carbocycles. The predicted molar refractivity (Wildman–Crippen MR) is 148 cm³/mol. The molecule has 4 aromatic carbocycles. The maximum atomic E-state index is 13.6. The van der Waals surface area contributed by atoms with Crippen LogP contribution in [0.4, 0.5) is 0 Å². The highest BCUT2D eigenvalue weighted by molar-refractivity contribution is 6.14. The van der Waals surface area contributed by atoms with Crippen LogP contribution in [0.15, 0.2) is 48.5 Å². The molecule has 0 unspecified atom stereocenters. The number of phenols is 8. The Morgan fingerprint density at radius 1 is 0.524 bits per heavy atom. The molecule has 2 aliphatic rings. The van der Waals surface area contributed by atoms with E-state index in [1.165, 1.54) is 48.6 Å². The first-order valence-electron chi connectivity index (χ1n) is 12.5. The summed E-state index contributed by atoms with van der Waals surface area (Å²) in [6.45, 7) is -0.131. The molecule has 2 heterocycles. The fourth-order valence-corrected chi connectivity index (χ4v) is 4.92. The molecular formula is C31H22O11. The fourth-order valence-electron chi connectivity index (χ4n) is 4.92. The molecule has 0 fully saturated rings. The minimum atomic E-state index is -0.855. The lowest BCUT2D eigenvalue weighted by Gasteiger charge is -2.22. The van der Waals surface area contributed by atoms with Crippen LogP contribution in [0.2, 0.25) is 0 Å². The van der Waals surface area contributed by atoms with E-state index in [9.17, 15) is 45.6 Å². The summed E-state index contributed by atoms with van der Waals surface area (Å²) in [7, 11) is 0. The Morgan fingerprint density at radius 2 is 0.905 bits per heavy atom. The third-order valence-electron chi connectivity index (χ3n) is 7.11. The molecule has 6 rings (SSSR count). The van der Waals surface area contributed by atoms with Gasteiger partial charge in [-0.3, -0.25) is 4.79 Å². The molecule has 4 aromatic rings. The Labute approximate surface area is 237 Å². The quantitative estimate of drug-likeness (QED) is 0.126. The zero-order valence-corrected chi connectivity index (χ0v) is 21.5. The number of hydrogen-bond donors (Lipinski definition) is 8. The Bertz CT molecular complexity index is 1750. The highest BCUT2D eigenvalue weighted by atomic mass is 16.5. The van der Waals surface area contributed by atoms with Gasteiger partial charge in [0.15, 0.2) is 23.0 Å². The average Bonchev–Trinajstić information content (AvgIpc) is 2.94. The number of phenolic OH excluding ortho intramolecular Hbond substituents is 8. The van der Waals surface area contributed by atoms with Crippen molar-refractivity contribution in [3.8, 4) is 46.0 Å². The van der Waals surface area contributed by atoms with Crippen molar-refractivity contribution in [1.29, 1.82) is 0 Å². The lowest BCUT2D eigenvalue weighted by atomic mass is 9.94. The smallest absolute Gasteiger partial charge is 0.200 e. The van der Waals surface area contributed by atoms with Crippen LogP contribution >= 0.6 is 0 Å². The molecule has 212 valence electrons. The highest BCUT2D eigenvalue weighted by Crippen LogP contribution is 2.45. The molecule has 2 aliphatic heterocycles. The van der Waals surface area contributed by atoms with Gasteiger partial charge in [0.05, 0.1) is 11.1 Å². The Hall–Kier alpha value is -5.97.